The van der Waals surface area contributed by atoms with E-state index in [0.717, 1.165) is 18.5 Å². The number of rotatable bonds is 10. The summed E-state index contributed by atoms with van der Waals surface area (Å²) < 4.78 is 22.0. The Hall–Kier alpha value is -3.15. The van der Waals surface area contributed by atoms with Gasteiger partial charge in [0, 0.05) is 30.6 Å². The zero-order valence-electron chi connectivity index (χ0n) is 23.9. The van der Waals surface area contributed by atoms with Gasteiger partial charge in [-0.3, -0.25) is 9.69 Å². The molecule has 4 rings (SSSR count). The Balaban J connectivity index is 1.37. The summed E-state index contributed by atoms with van der Waals surface area (Å²) in [6, 6.07) is 8.97. The van der Waals surface area contributed by atoms with Crippen LogP contribution >= 0.6 is 0 Å². The van der Waals surface area contributed by atoms with Gasteiger partial charge in [-0.05, 0) is 45.2 Å². The number of furan rings is 1. The third-order valence-corrected chi connectivity index (χ3v) is 7.93. The van der Waals surface area contributed by atoms with Crippen molar-refractivity contribution in [3.63, 3.8) is 0 Å². The highest BCUT2D eigenvalue weighted by molar-refractivity contribution is 6.43. The Morgan fingerprint density at radius 3 is 2.59 bits per heavy atom. The summed E-state index contributed by atoms with van der Waals surface area (Å²) >= 11 is 0. The average Bonchev–Trinajstić information content (AvgIpc) is 3.38. The molecule has 0 spiro atoms. The maximum Gasteiger partial charge on any atom is 0.475 e. The summed E-state index contributed by atoms with van der Waals surface area (Å²) in [5, 5.41) is 33.3. The van der Waals surface area contributed by atoms with E-state index in [0.29, 0.717) is 37.4 Å². The van der Waals surface area contributed by atoms with Crippen molar-refractivity contribution in [1.29, 1.82) is 5.26 Å². The fourth-order valence-electron chi connectivity index (χ4n) is 5.71. The zero-order chi connectivity index (χ0) is 29.6. The van der Waals surface area contributed by atoms with Gasteiger partial charge in [0.05, 0.1) is 50.7 Å². The number of benzene rings is 1. The number of amides is 2. The van der Waals surface area contributed by atoms with Gasteiger partial charge >= 0.3 is 13.2 Å². The second-order valence-corrected chi connectivity index (χ2v) is 11.5. The average molecular weight is 570 g/mol. The normalized spacial score (nSPS) is 20.6. The molecule has 3 heterocycles. The number of fused-ring (bicyclic) bond motifs is 1. The van der Waals surface area contributed by atoms with Gasteiger partial charge in [0.15, 0.2) is 0 Å². The lowest BCUT2D eigenvalue weighted by atomic mass is 9.76. The minimum Gasteiger partial charge on any atom is -0.464 e. The molecule has 2 amide bonds. The van der Waals surface area contributed by atoms with Gasteiger partial charge in [-0.1, -0.05) is 18.2 Å². The second kappa shape index (κ2) is 13.2. The number of carbonyl (C=O) groups is 2. The Labute approximate surface area is 240 Å². The minimum absolute atomic E-state index is 0.0976. The molecule has 0 saturated carbocycles. The van der Waals surface area contributed by atoms with Crippen molar-refractivity contribution in [3.8, 4) is 6.07 Å². The van der Waals surface area contributed by atoms with Crippen LogP contribution in [-0.2, 0) is 25.4 Å². The summed E-state index contributed by atoms with van der Waals surface area (Å²) in [4.78, 5) is 30.3. The van der Waals surface area contributed by atoms with Crippen LogP contribution in [0.5, 0.6) is 0 Å². The van der Waals surface area contributed by atoms with Gasteiger partial charge in [-0.25, -0.2) is 4.79 Å². The van der Waals surface area contributed by atoms with E-state index in [4.69, 9.17) is 18.6 Å². The lowest BCUT2D eigenvalue weighted by Gasteiger charge is -2.45. The number of para-hydroxylation sites is 1. The topological polar surface area (TPSA) is 158 Å². The van der Waals surface area contributed by atoms with E-state index in [-0.39, 0.29) is 32.1 Å². The fraction of sp³-hybridized carbons (Fsp3) is 0.607. The maximum absolute atomic E-state index is 13.8. The highest BCUT2D eigenvalue weighted by atomic mass is 16.6. The minimum atomic E-state index is -1.85. The van der Waals surface area contributed by atoms with Crippen LogP contribution < -0.4 is 5.32 Å². The number of nitrogens with zero attached hydrogens (tertiary/aromatic N) is 3. The molecule has 1 aromatic carbocycles. The quantitative estimate of drug-likeness (QED) is 0.356. The molecule has 41 heavy (non-hydrogen) atoms. The molecule has 2 saturated heterocycles. The van der Waals surface area contributed by atoms with Gasteiger partial charge in [0.25, 0.3) is 0 Å². The first-order chi connectivity index (χ1) is 19.5. The number of carbonyl (C=O) groups excluding carboxylic acids is 2. The SMILES string of the molecule is CC(C#N)(CC(C)(C)N1CCOCC1)C(=O)N1CCOC[C@@H]1COC(=O)N[C@@H](Cc1coc2ccccc12)B(O)O. The maximum atomic E-state index is 13.8. The second-order valence-electron chi connectivity index (χ2n) is 11.5. The van der Waals surface area contributed by atoms with E-state index in [1.54, 1.807) is 17.9 Å². The van der Waals surface area contributed by atoms with E-state index in [9.17, 15) is 24.9 Å². The van der Waals surface area contributed by atoms with Crippen molar-refractivity contribution in [3.05, 3.63) is 36.1 Å². The van der Waals surface area contributed by atoms with Crippen LogP contribution in [0.25, 0.3) is 11.0 Å². The van der Waals surface area contributed by atoms with E-state index in [2.05, 4.69) is 16.3 Å². The third-order valence-electron chi connectivity index (χ3n) is 7.93. The molecule has 12 nitrogen and oxygen atoms in total. The number of hydrogen-bond donors (Lipinski definition) is 3. The first-order valence-corrected chi connectivity index (χ1v) is 13.9. The van der Waals surface area contributed by atoms with Crippen molar-refractivity contribution < 1.29 is 38.3 Å². The van der Waals surface area contributed by atoms with Crippen LogP contribution in [-0.4, -0.2) is 109 Å². The third kappa shape index (κ3) is 7.39. The van der Waals surface area contributed by atoms with E-state index < -0.39 is 36.1 Å². The highest BCUT2D eigenvalue weighted by Gasteiger charge is 2.46. The molecule has 2 aromatic rings. The van der Waals surface area contributed by atoms with Gasteiger partial charge in [0.2, 0.25) is 5.91 Å². The van der Waals surface area contributed by atoms with Gasteiger partial charge in [-0.15, -0.1) is 0 Å². The molecular weight excluding hydrogens is 531 g/mol. The zero-order valence-corrected chi connectivity index (χ0v) is 23.9. The molecule has 1 aromatic heterocycles. The Morgan fingerprint density at radius 2 is 1.88 bits per heavy atom. The molecule has 13 heteroatoms. The first-order valence-electron chi connectivity index (χ1n) is 13.9. The van der Waals surface area contributed by atoms with E-state index in [1.165, 1.54) is 6.26 Å². The Kier molecular flexibility index (Phi) is 9.94. The standard InChI is InChI=1S/C28H39BN4O8/c1-27(2,32-8-11-38-12-9-32)18-28(3,19-30)25(34)33-10-13-39-16-21(33)17-41-26(35)31-24(29(36)37)14-20-15-40-23-7-5-4-6-22(20)23/h4-7,15,21,24,36-37H,8-14,16-18H2,1-3H3,(H,31,35)/t21-,24+,28?/m1/s1. The largest absolute Gasteiger partial charge is 0.475 e. The summed E-state index contributed by atoms with van der Waals surface area (Å²) in [6.07, 6.45) is 1.06. The summed E-state index contributed by atoms with van der Waals surface area (Å²) in [5.41, 5.74) is -0.370. The molecule has 3 atom stereocenters. The highest BCUT2D eigenvalue weighted by Crippen LogP contribution is 2.35. The van der Waals surface area contributed by atoms with Crippen LogP contribution in [0.3, 0.4) is 0 Å². The molecule has 2 aliphatic rings. The number of alkyl carbamates (subject to hydrolysis) is 1. The molecule has 1 unspecified atom stereocenters. The molecule has 3 N–H and O–H groups in total. The van der Waals surface area contributed by atoms with Gasteiger partial charge in [-0.2, -0.15) is 5.26 Å². The van der Waals surface area contributed by atoms with Gasteiger partial charge in [0.1, 0.15) is 17.6 Å². The van der Waals surface area contributed by atoms with Crippen molar-refractivity contribution in [2.75, 3.05) is 52.7 Å². The van der Waals surface area contributed by atoms with Crippen molar-refractivity contribution in [2.24, 2.45) is 5.41 Å². The number of morpholine rings is 2. The van der Waals surface area contributed by atoms with Crippen LogP contribution in [0.2, 0.25) is 0 Å². The Morgan fingerprint density at radius 1 is 1.17 bits per heavy atom. The number of nitriles is 1. The molecule has 2 fully saturated rings. The van der Waals surface area contributed by atoms with Crippen LogP contribution in [0.15, 0.2) is 34.9 Å². The number of ether oxygens (including phenoxy) is 3. The van der Waals surface area contributed by atoms with E-state index >= 15 is 0 Å². The first kappa shape index (κ1) is 30.8. The van der Waals surface area contributed by atoms with Crippen LogP contribution in [0, 0.1) is 16.7 Å². The predicted octanol–water partition coefficient (Wildman–Crippen LogP) is 1.34. The molecule has 0 bridgehead atoms. The van der Waals surface area contributed by atoms with E-state index in [1.807, 2.05) is 32.0 Å². The lowest BCUT2D eigenvalue weighted by Crippen LogP contribution is -2.58. The summed E-state index contributed by atoms with van der Waals surface area (Å²) in [6.45, 7) is 8.91. The monoisotopic (exact) mass is 570 g/mol. The molecule has 222 valence electrons. The molecule has 0 radical (unpaired) electrons. The summed E-state index contributed by atoms with van der Waals surface area (Å²) in [7, 11) is -1.85. The smallest absolute Gasteiger partial charge is 0.464 e. The predicted molar refractivity (Wildman–Crippen MR) is 150 cm³/mol. The molecule has 0 aliphatic carbocycles. The van der Waals surface area contributed by atoms with Crippen LogP contribution in [0.1, 0.15) is 32.8 Å². The molecular formula is C28H39BN4O8. The fourth-order valence-corrected chi connectivity index (χ4v) is 5.71. The number of nitrogens with one attached hydrogen (secondary N) is 1. The van der Waals surface area contributed by atoms with Crippen molar-refractivity contribution >= 4 is 30.1 Å². The van der Waals surface area contributed by atoms with Crippen molar-refractivity contribution in [2.45, 2.75) is 51.1 Å². The summed E-state index contributed by atoms with van der Waals surface area (Å²) in [5.74, 6) is -1.40. The van der Waals surface area contributed by atoms with Gasteiger partial charge < -0.3 is 38.9 Å². The Bertz CT molecular complexity index is 1240. The lowest BCUT2D eigenvalue weighted by molar-refractivity contribution is -0.151. The number of hydrogen-bond acceptors (Lipinski definition) is 10. The molecule has 2 aliphatic heterocycles. The van der Waals surface area contributed by atoms with Crippen molar-refractivity contribution in [1.82, 2.24) is 15.1 Å². The van der Waals surface area contributed by atoms with Crippen LogP contribution in [0.4, 0.5) is 4.79 Å².